The van der Waals surface area contributed by atoms with Crippen molar-refractivity contribution >= 4 is 29.9 Å². The van der Waals surface area contributed by atoms with Gasteiger partial charge in [0, 0.05) is 59.1 Å². The molecule has 0 aromatic carbocycles. The summed E-state index contributed by atoms with van der Waals surface area (Å²) < 4.78 is 11.3. The lowest BCUT2D eigenvalue weighted by atomic mass is 10.0. The molecule has 2 fully saturated rings. The fourth-order valence-electron chi connectivity index (χ4n) is 3.54. The Kier molecular flexibility index (Phi) is 12.8. The summed E-state index contributed by atoms with van der Waals surface area (Å²) in [6.45, 7) is 11.6. The van der Waals surface area contributed by atoms with Gasteiger partial charge in [0.05, 0.1) is 6.10 Å². The zero-order chi connectivity index (χ0) is 17.9. The van der Waals surface area contributed by atoms with E-state index in [0.717, 1.165) is 57.5 Å². The number of guanidine groups is 1. The first kappa shape index (κ1) is 23.9. The van der Waals surface area contributed by atoms with E-state index in [1.165, 1.54) is 32.5 Å². The highest BCUT2D eigenvalue weighted by atomic mass is 127. The van der Waals surface area contributed by atoms with Crippen molar-refractivity contribution in [1.82, 2.24) is 15.5 Å². The molecule has 0 atom stereocenters. The lowest BCUT2D eigenvalue weighted by Gasteiger charge is -2.34. The summed E-state index contributed by atoms with van der Waals surface area (Å²) >= 11 is 0. The van der Waals surface area contributed by atoms with E-state index in [1.54, 1.807) is 0 Å². The predicted molar refractivity (Wildman–Crippen MR) is 119 cm³/mol. The molecule has 2 aliphatic heterocycles. The minimum Gasteiger partial charge on any atom is -0.381 e. The standard InChI is InChI=1S/C19H38N4O2.HI/c1-16(2)15-23-10-5-17(6-11-23)22-19(20-3)21-9-4-12-25-18-7-13-24-14-8-18;/h16-18H,4-15H2,1-3H3,(H2,20,21,22);1H. The molecule has 0 aromatic heterocycles. The Hall–Kier alpha value is -0.120. The minimum atomic E-state index is 0. The van der Waals surface area contributed by atoms with E-state index in [4.69, 9.17) is 9.47 Å². The Morgan fingerprint density at radius 3 is 2.50 bits per heavy atom. The van der Waals surface area contributed by atoms with Crippen LogP contribution in [0.25, 0.3) is 0 Å². The Bertz CT molecular complexity index is 382. The average molecular weight is 482 g/mol. The largest absolute Gasteiger partial charge is 0.381 e. The SMILES string of the molecule is CN=C(NCCCOC1CCOCC1)NC1CCN(CC(C)C)CC1.I. The van der Waals surface area contributed by atoms with Crippen molar-refractivity contribution in [3.05, 3.63) is 0 Å². The molecule has 0 bridgehead atoms. The second-order valence-corrected chi connectivity index (χ2v) is 7.65. The molecule has 26 heavy (non-hydrogen) atoms. The van der Waals surface area contributed by atoms with Gasteiger partial charge >= 0.3 is 0 Å². The van der Waals surface area contributed by atoms with Crippen LogP contribution in [0.2, 0.25) is 0 Å². The van der Waals surface area contributed by atoms with Gasteiger partial charge in [-0.3, -0.25) is 4.99 Å². The number of ether oxygens (including phenoxy) is 2. The molecule has 0 unspecified atom stereocenters. The molecule has 2 heterocycles. The molecule has 2 aliphatic rings. The van der Waals surface area contributed by atoms with Crippen molar-refractivity contribution in [2.75, 3.05) is 53.0 Å². The van der Waals surface area contributed by atoms with Gasteiger partial charge in [0.2, 0.25) is 0 Å². The van der Waals surface area contributed by atoms with Crippen molar-refractivity contribution in [3.63, 3.8) is 0 Å². The quantitative estimate of drug-likeness (QED) is 0.241. The van der Waals surface area contributed by atoms with Crippen LogP contribution in [0.5, 0.6) is 0 Å². The van der Waals surface area contributed by atoms with Gasteiger partial charge in [-0.2, -0.15) is 0 Å². The molecule has 2 rings (SSSR count). The fraction of sp³-hybridized carbons (Fsp3) is 0.947. The summed E-state index contributed by atoms with van der Waals surface area (Å²) in [6, 6.07) is 0.535. The predicted octanol–water partition coefficient (Wildman–Crippen LogP) is 2.48. The molecule has 0 spiro atoms. The van der Waals surface area contributed by atoms with E-state index in [0.29, 0.717) is 12.1 Å². The Labute approximate surface area is 176 Å². The molecule has 2 N–H and O–H groups in total. The molecule has 2 saturated heterocycles. The number of rotatable bonds is 8. The highest BCUT2D eigenvalue weighted by Gasteiger charge is 2.20. The summed E-state index contributed by atoms with van der Waals surface area (Å²) in [5.74, 6) is 1.68. The first-order valence-corrected chi connectivity index (χ1v) is 10.1. The second kappa shape index (κ2) is 14.0. The van der Waals surface area contributed by atoms with Gasteiger partial charge in [0.1, 0.15) is 0 Å². The van der Waals surface area contributed by atoms with E-state index in [-0.39, 0.29) is 24.0 Å². The lowest BCUT2D eigenvalue weighted by molar-refractivity contribution is -0.0320. The summed E-state index contributed by atoms with van der Waals surface area (Å²) in [5, 5.41) is 6.99. The molecule has 0 amide bonds. The maximum Gasteiger partial charge on any atom is 0.191 e. The van der Waals surface area contributed by atoms with Gasteiger partial charge in [0.15, 0.2) is 5.96 Å². The van der Waals surface area contributed by atoms with E-state index in [9.17, 15) is 0 Å². The number of nitrogens with one attached hydrogen (secondary N) is 2. The number of hydrogen-bond acceptors (Lipinski definition) is 4. The van der Waals surface area contributed by atoms with Gasteiger partial charge < -0.3 is 25.0 Å². The van der Waals surface area contributed by atoms with Crippen molar-refractivity contribution in [1.29, 1.82) is 0 Å². The summed E-state index contributed by atoms with van der Waals surface area (Å²) in [5.41, 5.74) is 0. The highest BCUT2D eigenvalue weighted by Crippen LogP contribution is 2.12. The Morgan fingerprint density at radius 1 is 1.19 bits per heavy atom. The van der Waals surface area contributed by atoms with Crippen LogP contribution >= 0.6 is 24.0 Å². The van der Waals surface area contributed by atoms with Crippen LogP contribution in [0.4, 0.5) is 0 Å². The molecule has 154 valence electrons. The third kappa shape index (κ3) is 9.71. The van der Waals surface area contributed by atoms with Crippen LogP contribution in [0, 0.1) is 5.92 Å². The summed E-state index contributed by atoms with van der Waals surface area (Å²) in [6.07, 6.45) is 5.85. The van der Waals surface area contributed by atoms with Gasteiger partial charge in [0.25, 0.3) is 0 Å². The van der Waals surface area contributed by atoms with E-state index < -0.39 is 0 Å². The average Bonchev–Trinajstić information content (AvgIpc) is 2.62. The molecule has 0 aromatic rings. The first-order valence-electron chi connectivity index (χ1n) is 10.1. The number of halogens is 1. The Balaban J connectivity index is 0.00000338. The molecule has 0 saturated carbocycles. The van der Waals surface area contributed by atoms with Crippen LogP contribution in [-0.4, -0.2) is 76.1 Å². The maximum atomic E-state index is 5.91. The number of hydrogen-bond donors (Lipinski definition) is 2. The van der Waals surface area contributed by atoms with Crippen LogP contribution < -0.4 is 10.6 Å². The molecule has 6 nitrogen and oxygen atoms in total. The zero-order valence-corrected chi connectivity index (χ0v) is 19.2. The molecular formula is C19H39IN4O2. The van der Waals surface area contributed by atoms with Crippen molar-refractivity contribution < 1.29 is 9.47 Å². The monoisotopic (exact) mass is 482 g/mol. The molecule has 0 radical (unpaired) electrons. The smallest absolute Gasteiger partial charge is 0.191 e. The number of aliphatic imine (C=N–C) groups is 1. The van der Waals surface area contributed by atoms with Gasteiger partial charge in [-0.1, -0.05) is 13.8 Å². The second-order valence-electron chi connectivity index (χ2n) is 7.65. The van der Waals surface area contributed by atoms with Gasteiger partial charge in [-0.15, -0.1) is 24.0 Å². The topological polar surface area (TPSA) is 58.1 Å². The van der Waals surface area contributed by atoms with Crippen LogP contribution in [-0.2, 0) is 9.47 Å². The zero-order valence-electron chi connectivity index (χ0n) is 16.8. The number of piperidine rings is 1. The number of likely N-dealkylation sites (tertiary alicyclic amines) is 1. The van der Waals surface area contributed by atoms with Crippen LogP contribution in [0.15, 0.2) is 4.99 Å². The molecular weight excluding hydrogens is 443 g/mol. The van der Waals surface area contributed by atoms with Crippen molar-refractivity contribution in [2.24, 2.45) is 10.9 Å². The van der Waals surface area contributed by atoms with E-state index in [1.807, 2.05) is 7.05 Å². The van der Waals surface area contributed by atoms with E-state index in [2.05, 4.69) is 34.4 Å². The highest BCUT2D eigenvalue weighted by molar-refractivity contribution is 14.0. The van der Waals surface area contributed by atoms with Gasteiger partial charge in [-0.05, 0) is 38.0 Å². The maximum absolute atomic E-state index is 5.91. The minimum absolute atomic E-state index is 0. The summed E-state index contributed by atoms with van der Waals surface area (Å²) in [7, 11) is 1.85. The summed E-state index contributed by atoms with van der Waals surface area (Å²) in [4.78, 5) is 6.94. The first-order chi connectivity index (χ1) is 12.2. The lowest BCUT2D eigenvalue weighted by Crippen LogP contribution is -2.49. The third-order valence-corrected chi connectivity index (χ3v) is 4.91. The van der Waals surface area contributed by atoms with Crippen LogP contribution in [0.3, 0.4) is 0 Å². The molecule has 0 aliphatic carbocycles. The van der Waals surface area contributed by atoms with E-state index >= 15 is 0 Å². The normalized spacial score (nSPS) is 20.8. The fourth-order valence-corrected chi connectivity index (χ4v) is 3.54. The van der Waals surface area contributed by atoms with Gasteiger partial charge in [-0.25, -0.2) is 0 Å². The molecule has 7 heteroatoms. The van der Waals surface area contributed by atoms with Crippen molar-refractivity contribution in [3.8, 4) is 0 Å². The van der Waals surface area contributed by atoms with Crippen LogP contribution in [0.1, 0.15) is 46.0 Å². The Morgan fingerprint density at radius 2 is 1.88 bits per heavy atom. The number of nitrogens with zero attached hydrogens (tertiary/aromatic N) is 2. The van der Waals surface area contributed by atoms with Crippen molar-refractivity contribution in [2.45, 2.75) is 58.1 Å². The third-order valence-electron chi connectivity index (χ3n) is 4.91.